The van der Waals surface area contributed by atoms with Crippen LogP contribution in [0.5, 0.6) is 0 Å². The molecule has 20 heavy (non-hydrogen) atoms. The van der Waals surface area contributed by atoms with E-state index in [1.807, 2.05) is 0 Å². The Kier molecular flexibility index (Phi) is 8.60. The van der Waals surface area contributed by atoms with Crippen LogP contribution in [0.1, 0.15) is 82.9 Å². The number of unbranched alkanes of at least 4 members (excludes halogenated alkanes) is 5. The third-order valence-corrected chi connectivity index (χ3v) is 3.92. The molecular formula is C19H33N. The van der Waals surface area contributed by atoms with E-state index < -0.39 is 0 Å². The van der Waals surface area contributed by atoms with Crippen molar-refractivity contribution in [1.29, 1.82) is 0 Å². The molecule has 0 fully saturated rings. The van der Waals surface area contributed by atoms with Gasteiger partial charge in [-0.05, 0) is 29.9 Å². The fourth-order valence-corrected chi connectivity index (χ4v) is 2.68. The lowest BCUT2D eigenvalue weighted by Gasteiger charge is -2.13. The van der Waals surface area contributed by atoms with E-state index in [1.54, 1.807) is 0 Å². The molecule has 1 aromatic rings. The third kappa shape index (κ3) is 7.09. The van der Waals surface area contributed by atoms with Crippen molar-refractivity contribution in [2.24, 2.45) is 11.7 Å². The number of benzene rings is 1. The van der Waals surface area contributed by atoms with Gasteiger partial charge in [-0.25, -0.2) is 0 Å². The highest BCUT2D eigenvalue weighted by atomic mass is 14.6. The van der Waals surface area contributed by atoms with Crippen LogP contribution in [0.25, 0.3) is 0 Å². The zero-order chi connectivity index (χ0) is 14.8. The Morgan fingerprint density at radius 1 is 0.900 bits per heavy atom. The van der Waals surface area contributed by atoms with Gasteiger partial charge in [0.25, 0.3) is 0 Å². The minimum Gasteiger partial charge on any atom is -0.324 e. The molecule has 0 aliphatic heterocycles. The summed E-state index contributed by atoms with van der Waals surface area (Å²) in [6.07, 6.45) is 10.3. The molecule has 0 saturated heterocycles. The van der Waals surface area contributed by atoms with Crippen LogP contribution >= 0.6 is 0 Å². The summed E-state index contributed by atoms with van der Waals surface area (Å²) in [4.78, 5) is 0. The molecule has 0 saturated carbocycles. The van der Waals surface area contributed by atoms with E-state index in [0.717, 1.165) is 18.8 Å². The van der Waals surface area contributed by atoms with E-state index >= 15 is 0 Å². The molecule has 1 nitrogen and oxygen atoms in total. The molecule has 0 aromatic heterocycles. The molecule has 1 unspecified atom stereocenters. The molecule has 0 amide bonds. The van der Waals surface area contributed by atoms with Crippen molar-refractivity contribution >= 4 is 0 Å². The maximum absolute atomic E-state index is 6.29. The molecule has 1 heteroatoms. The van der Waals surface area contributed by atoms with E-state index in [-0.39, 0.29) is 6.04 Å². The number of rotatable bonds is 10. The van der Waals surface area contributed by atoms with Gasteiger partial charge >= 0.3 is 0 Å². The van der Waals surface area contributed by atoms with Gasteiger partial charge < -0.3 is 5.73 Å². The molecule has 0 bridgehead atoms. The van der Waals surface area contributed by atoms with Gasteiger partial charge in [0, 0.05) is 6.04 Å². The molecule has 0 radical (unpaired) electrons. The summed E-state index contributed by atoms with van der Waals surface area (Å²) >= 11 is 0. The van der Waals surface area contributed by atoms with Crippen molar-refractivity contribution in [2.75, 3.05) is 0 Å². The maximum atomic E-state index is 6.29. The molecule has 114 valence electrons. The summed E-state index contributed by atoms with van der Waals surface area (Å²) in [5.74, 6) is 0.720. The standard InChI is InChI=1S/C19H33N/c1-4-5-6-7-8-9-10-19(20)18-13-11-17(12-14-18)15-16(2)3/h11-14,16,19H,4-10,15,20H2,1-3H3. The van der Waals surface area contributed by atoms with E-state index in [1.165, 1.54) is 49.7 Å². The van der Waals surface area contributed by atoms with Crippen LogP contribution in [0.4, 0.5) is 0 Å². The lowest BCUT2D eigenvalue weighted by Crippen LogP contribution is -2.10. The first-order chi connectivity index (χ1) is 9.63. The second-order valence-electron chi connectivity index (χ2n) is 6.50. The fraction of sp³-hybridized carbons (Fsp3) is 0.684. The largest absolute Gasteiger partial charge is 0.324 e. The minimum atomic E-state index is 0.217. The van der Waals surface area contributed by atoms with Gasteiger partial charge in [0.05, 0.1) is 0 Å². The molecule has 2 N–H and O–H groups in total. The Bertz CT molecular complexity index is 339. The molecule has 0 aliphatic rings. The predicted molar refractivity (Wildman–Crippen MR) is 89.9 cm³/mol. The number of nitrogens with two attached hydrogens (primary N) is 1. The van der Waals surface area contributed by atoms with Crippen molar-refractivity contribution in [2.45, 2.75) is 78.2 Å². The van der Waals surface area contributed by atoms with Gasteiger partial charge in [0.1, 0.15) is 0 Å². The summed E-state index contributed by atoms with van der Waals surface area (Å²) in [7, 11) is 0. The Balaban J connectivity index is 2.27. The van der Waals surface area contributed by atoms with Crippen molar-refractivity contribution in [1.82, 2.24) is 0 Å². The highest BCUT2D eigenvalue weighted by molar-refractivity contribution is 5.25. The van der Waals surface area contributed by atoms with Crippen LogP contribution in [0, 0.1) is 5.92 Å². The second-order valence-corrected chi connectivity index (χ2v) is 6.50. The normalized spacial score (nSPS) is 12.8. The second kappa shape index (κ2) is 9.99. The van der Waals surface area contributed by atoms with E-state index in [0.29, 0.717) is 0 Å². The lowest BCUT2D eigenvalue weighted by atomic mass is 9.97. The monoisotopic (exact) mass is 275 g/mol. The Morgan fingerprint density at radius 3 is 2.10 bits per heavy atom. The quantitative estimate of drug-likeness (QED) is 0.550. The molecule has 1 aromatic carbocycles. The summed E-state index contributed by atoms with van der Waals surface area (Å²) in [5.41, 5.74) is 9.01. The highest BCUT2D eigenvalue weighted by Crippen LogP contribution is 2.19. The van der Waals surface area contributed by atoms with Gasteiger partial charge in [0.2, 0.25) is 0 Å². The Labute approximate surface area is 126 Å². The lowest BCUT2D eigenvalue weighted by molar-refractivity contribution is 0.547. The molecule has 1 rings (SSSR count). The summed E-state index contributed by atoms with van der Waals surface area (Å²) in [5, 5.41) is 0. The number of hydrogen-bond acceptors (Lipinski definition) is 1. The van der Waals surface area contributed by atoms with Crippen LogP contribution in [0.15, 0.2) is 24.3 Å². The smallest absolute Gasteiger partial charge is 0.0294 e. The van der Waals surface area contributed by atoms with Crippen molar-refractivity contribution in [3.05, 3.63) is 35.4 Å². The van der Waals surface area contributed by atoms with Crippen molar-refractivity contribution in [3.8, 4) is 0 Å². The average molecular weight is 275 g/mol. The fourth-order valence-electron chi connectivity index (χ4n) is 2.68. The summed E-state index contributed by atoms with van der Waals surface area (Å²) in [6, 6.07) is 9.15. The highest BCUT2D eigenvalue weighted by Gasteiger charge is 2.06. The molecule has 0 aliphatic carbocycles. The van der Waals surface area contributed by atoms with Crippen LogP contribution in [0.3, 0.4) is 0 Å². The average Bonchev–Trinajstić information content (AvgIpc) is 2.42. The van der Waals surface area contributed by atoms with Gasteiger partial charge in [-0.3, -0.25) is 0 Å². The molecule has 0 spiro atoms. The SMILES string of the molecule is CCCCCCCCC(N)c1ccc(CC(C)C)cc1. The number of hydrogen-bond donors (Lipinski definition) is 1. The van der Waals surface area contributed by atoms with E-state index in [9.17, 15) is 0 Å². The first-order valence-electron chi connectivity index (χ1n) is 8.48. The van der Waals surface area contributed by atoms with Gasteiger partial charge in [-0.2, -0.15) is 0 Å². The predicted octanol–water partition coefficient (Wildman–Crippen LogP) is 5.64. The Morgan fingerprint density at radius 2 is 1.50 bits per heavy atom. The van der Waals surface area contributed by atoms with E-state index in [4.69, 9.17) is 5.73 Å². The van der Waals surface area contributed by atoms with Crippen LogP contribution in [-0.4, -0.2) is 0 Å². The third-order valence-electron chi connectivity index (χ3n) is 3.92. The zero-order valence-electron chi connectivity index (χ0n) is 13.7. The van der Waals surface area contributed by atoms with Crippen molar-refractivity contribution in [3.63, 3.8) is 0 Å². The summed E-state index contributed by atoms with van der Waals surface area (Å²) in [6.45, 7) is 6.79. The van der Waals surface area contributed by atoms with Gasteiger partial charge in [-0.1, -0.05) is 83.6 Å². The zero-order valence-corrected chi connectivity index (χ0v) is 13.7. The van der Waals surface area contributed by atoms with Crippen LogP contribution in [0.2, 0.25) is 0 Å². The first-order valence-corrected chi connectivity index (χ1v) is 8.48. The van der Waals surface area contributed by atoms with Crippen LogP contribution < -0.4 is 5.73 Å². The van der Waals surface area contributed by atoms with E-state index in [2.05, 4.69) is 45.0 Å². The summed E-state index contributed by atoms with van der Waals surface area (Å²) < 4.78 is 0. The first kappa shape index (κ1) is 17.2. The topological polar surface area (TPSA) is 26.0 Å². The maximum Gasteiger partial charge on any atom is 0.0294 e. The minimum absolute atomic E-state index is 0.217. The van der Waals surface area contributed by atoms with Gasteiger partial charge in [0.15, 0.2) is 0 Å². The molecule has 1 atom stereocenters. The molecule has 0 heterocycles. The van der Waals surface area contributed by atoms with Crippen LogP contribution in [-0.2, 0) is 6.42 Å². The molecular weight excluding hydrogens is 242 g/mol. The van der Waals surface area contributed by atoms with Gasteiger partial charge in [-0.15, -0.1) is 0 Å². The van der Waals surface area contributed by atoms with Crippen molar-refractivity contribution < 1.29 is 0 Å². The Hall–Kier alpha value is -0.820.